The third kappa shape index (κ3) is 14.6. The molecule has 0 spiro atoms. The fourth-order valence-electron chi connectivity index (χ4n) is 10.6. The molecule has 8 rings (SSSR count). The first-order valence-corrected chi connectivity index (χ1v) is 24.8. The van der Waals surface area contributed by atoms with Crippen molar-refractivity contribution in [2.75, 3.05) is 5.32 Å². The first-order valence-electron chi connectivity index (χ1n) is 24.8. The van der Waals surface area contributed by atoms with Crippen molar-refractivity contribution in [3.8, 4) is 34.1 Å². The van der Waals surface area contributed by atoms with Crippen LogP contribution in [0.2, 0.25) is 0 Å². The largest absolute Gasteiger partial charge is 0.489 e. The molecule has 0 radical (unpaired) electrons. The Labute approximate surface area is 419 Å². The van der Waals surface area contributed by atoms with Crippen molar-refractivity contribution in [3.63, 3.8) is 0 Å². The first kappa shape index (κ1) is 50.4. The Balaban J connectivity index is 0.779. The predicted molar refractivity (Wildman–Crippen MR) is 282 cm³/mol. The number of hydrogen-bond donors (Lipinski definition) is 5. The molecule has 3 amide bonds. The van der Waals surface area contributed by atoms with Crippen LogP contribution in [0.15, 0.2) is 152 Å². The topological polar surface area (TPSA) is 139 Å². The van der Waals surface area contributed by atoms with Crippen molar-refractivity contribution in [2.24, 2.45) is 0 Å². The zero-order chi connectivity index (χ0) is 50.2. The van der Waals surface area contributed by atoms with Crippen LogP contribution in [0.4, 0.5) is 5.69 Å². The van der Waals surface area contributed by atoms with Crippen molar-refractivity contribution < 1.29 is 28.6 Å². The first-order chi connectivity index (χ1) is 33.8. The summed E-state index contributed by atoms with van der Waals surface area (Å²) < 4.78 is 18.2. The van der Waals surface area contributed by atoms with E-state index in [1.54, 1.807) is 24.3 Å². The third-order valence-corrected chi connectivity index (χ3v) is 13.2. The number of carbonyl (C=O) groups excluding carboxylic acids is 3. The quantitative estimate of drug-likeness (QED) is 0.0609. The molecule has 2 aliphatic heterocycles. The number of rotatable bonds is 17. The molecule has 2 unspecified atom stereocenters. The maximum atomic E-state index is 13.5. The van der Waals surface area contributed by atoms with Crippen molar-refractivity contribution in [1.29, 1.82) is 0 Å². The number of amides is 3. The molecule has 11 heteroatoms. The van der Waals surface area contributed by atoms with E-state index in [4.69, 9.17) is 14.2 Å². The van der Waals surface area contributed by atoms with E-state index in [1.165, 1.54) is 0 Å². The molecule has 2 fully saturated rings. The van der Waals surface area contributed by atoms with Gasteiger partial charge in [0.15, 0.2) is 0 Å². The molecule has 0 saturated carbocycles. The molecule has 5 N–H and O–H groups in total. The van der Waals surface area contributed by atoms with Crippen molar-refractivity contribution in [1.82, 2.24) is 21.3 Å². The number of piperidine rings is 2. The summed E-state index contributed by atoms with van der Waals surface area (Å²) in [5.74, 6) is 2.42. The molecule has 71 heavy (non-hydrogen) atoms. The highest BCUT2D eigenvalue weighted by Gasteiger charge is 2.41. The highest BCUT2D eigenvalue weighted by Crippen LogP contribution is 2.34. The van der Waals surface area contributed by atoms with Crippen LogP contribution in [0.25, 0.3) is 11.1 Å². The summed E-state index contributed by atoms with van der Waals surface area (Å²) in [6.45, 7) is 16.0. The van der Waals surface area contributed by atoms with Gasteiger partial charge in [-0.2, -0.15) is 0 Å². The number of hydrogen-bond acceptors (Lipinski definition) is 8. The van der Waals surface area contributed by atoms with Gasteiger partial charge in [0.25, 0.3) is 11.8 Å². The predicted octanol–water partition coefficient (Wildman–Crippen LogP) is 11.8. The number of benzene rings is 6. The number of ether oxygens (including phenoxy) is 3. The van der Waals surface area contributed by atoms with Gasteiger partial charge in [-0.05, 0) is 176 Å². The Morgan fingerprint density at radius 3 is 1.65 bits per heavy atom. The standard InChI is InChI=1S/C60H69N5O6/c1-57(2)35-48(36-58(3,4)64-57)62-55(67)44-21-19-42(20-22-44)40-69-51-16-11-15-46(33-51)43-23-27-47(28-24-43)61-54(66)31-32-60(7)38-49(37-59(5,6)65-60)63-56(68)45-25-29-50(30-26-45)71-53-18-12-17-52(34-53)70-39-41-13-9-8-10-14-41/h8-30,33-34,48-49,64-65H,31-32,35-40H2,1-7H3,(H,61,66)(H,62,67)(H,63,68). The lowest BCUT2D eigenvalue weighted by Crippen LogP contribution is -2.63. The van der Waals surface area contributed by atoms with Crippen LogP contribution in [0, 0.1) is 0 Å². The van der Waals surface area contributed by atoms with Crippen molar-refractivity contribution in [2.45, 2.75) is 134 Å². The van der Waals surface area contributed by atoms with E-state index in [0.717, 1.165) is 53.0 Å². The van der Waals surface area contributed by atoms with E-state index >= 15 is 0 Å². The molecular formula is C60H69N5O6. The maximum absolute atomic E-state index is 13.5. The van der Waals surface area contributed by atoms with Gasteiger partial charge in [-0.15, -0.1) is 0 Å². The van der Waals surface area contributed by atoms with E-state index < -0.39 is 0 Å². The van der Waals surface area contributed by atoms with Crippen LogP contribution in [0.1, 0.15) is 119 Å². The molecule has 2 saturated heterocycles. The minimum Gasteiger partial charge on any atom is -0.489 e. The Morgan fingerprint density at radius 2 is 1.03 bits per heavy atom. The molecule has 0 aromatic heterocycles. The minimum absolute atomic E-state index is 0.0497. The average molecular weight is 956 g/mol. The Bertz CT molecular complexity index is 2760. The molecule has 0 aliphatic carbocycles. The SMILES string of the molecule is CC1(C)CC(NC(=O)c2ccc(COc3cccc(-c4ccc(NC(=O)CCC5(C)CC(NC(=O)c6ccc(Oc7cccc(OCc8ccccc8)c7)cc6)CC(C)(C)N5)cc4)c3)cc2)CC(C)(C)N1. The molecular weight excluding hydrogens is 887 g/mol. The van der Waals surface area contributed by atoms with Gasteiger partial charge in [-0.25, -0.2) is 0 Å². The van der Waals surface area contributed by atoms with Gasteiger partial charge in [0.05, 0.1) is 0 Å². The summed E-state index contributed by atoms with van der Waals surface area (Å²) in [7, 11) is 0. The minimum atomic E-state index is -0.382. The number of nitrogens with one attached hydrogen (secondary N) is 5. The lowest BCUT2D eigenvalue weighted by atomic mass is 9.76. The average Bonchev–Trinajstić information content (AvgIpc) is 3.31. The molecule has 6 aromatic carbocycles. The van der Waals surface area contributed by atoms with Gasteiger partial charge in [0, 0.05) is 63.5 Å². The highest BCUT2D eigenvalue weighted by molar-refractivity contribution is 5.95. The van der Waals surface area contributed by atoms with Gasteiger partial charge in [-0.3, -0.25) is 14.4 Å². The molecule has 2 atom stereocenters. The molecule has 2 heterocycles. The van der Waals surface area contributed by atoms with E-state index in [0.29, 0.717) is 60.9 Å². The van der Waals surface area contributed by atoms with Crippen LogP contribution in [0.5, 0.6) is 23.0 Å². The number of carbonyl (C=O) groups is 3. The van der Waals surface area contributed by atoms with E-state index in [2.05, 4.69) is 75.1 Å². The molecule has 2 aliphatic rings. The summed E-state index contributed by atoms with van der Waals surface area (Å²) in [6.07, 6.45) is 4.09. The summed E-state index contributed by atoms with van der Waals surface area (Å²) >= 11 is 0. The molecule has 11 nitrogen and oxygen atoms in total. The summed E-state index contributed by atoms with van der Waals surface area (Å²) in [5.41, 5.74) is 5.20. The van der Waals surface area contributed by atoms with E-state index in [1.807, 2.05) is 127 Å². The van der Waals surface area contributed by atoms with Gasteiger partial charge in [-0.1, -0.05) is 72.8 Å². The van der Waals surface area contributed by atoms with Crippen LogP contribution in [-0.4, -0.2) is 52.0 Å². The summed E-state index contributed by atoms with van der Waals surface area (Å²) in [5, 5.41) is 17.0. The Morgan fingerprint density at radius 1 is 0.507 bits per heavy atom. The van der Waals surface area contributed by atoms with Crippen LogP contribution >= 0.6 is 0 Å². The third-order valence-electron chi connectivity index (χ3n) is 13.2. The fourth-order valence-corrected chi connectivity index (χ4v) is 10.6. The molecule has 0 bridgehead atoms. The van der Waals surface area contributed by atoms with Gasteiger partial charge in [0.1, 0.15) is 36.2 Å². The second-order valence-electron chi connectivity index (χ2n) is 21.6. The number of anilines is 1. The maximum Gasteiger partial charge on any atom is 0.251 e. The van der Waals surface area contributed by atoms with Gasteiger partial charge in [0.2, 0.25) is 5.91 Å². The monoisotopic (exact) mass is 956 g/mol. The van der Waals surface area contributed by atoms with Crippen LogP contribution < -0.4 is 40.8 Å². The second-order valence-corrected chi connectivity index (χ2v) is 21.6. The second kappa shape index (κ2) is 21.6. The van der Waals surface area contributed by atoms with E-state index in [9.17, 15) is 14.4 Å². The molecule has 6 aromatic rings. The highest BCUT2D eigenvalue weighted by atomic mass is 16.5. The lowest BCUT2D eigenvalue weighted by molar-refractivity contribution is -0.116. The Kier molecular flexibility index (Phi) is 15.3. The van der Waals surface area contributed by atoms with Gasteiger partial charge >= 0.3 is 0 Å². The lowest BCUT2D eigenvalue weighted by Gasteiger charge is -2.48. The molecule has 370 valence electrons. The Hall–Kier alpha value is -6.95. The van der Waals surface area contributed by atoms with Gasteiger partial charge < -0.3 is 40.8 Å². The van der Waals surface area contributed by atoms with Crippen molar-refractivity contribution >= 4 is 23.4 Å². The smallest absolute Gasteiger partial charge is 0.251 e. The van der Waals surface area contributed by atoms with Crippen LogP contribution in [0.3, 0.4) is 0 Å². The zero-order valence-electron chi connectivity index (χ0n) is 42.2. The zero-order valence-corrected chi connectivity index (χ0v) is 42.2. The van der Waals surface area contributed by atoms with Crippen molar-refractivity contribution in [3.05, 3.63) is 174 Å². The summed E-state index contributed by atoms with van der Waals surface area (Å²) in [6, 6.07) is 48.0. The normalized spacial score (nSPS) is 19.2. The van der Waals surface area contributed by atoms with E-state index in [-0.39, 0.29) is 52.0 Å². The van der Waals surface area contributed by atoms with Crippen LogP contribution in [-0.2, 0) is 18.0 Å². The summed E-state index contributed by atoms with van der Waals surface area (Å²) in [4.78, 5) is 40.0. The fraction of sp³-hybridized carbons (Fsp3) is 0.350.